The summed E-state index contributed by atoms with van der Waals surface area (Å²) in [5.41, 5.74) is -0.659. The maximum atomic E-state index is 12.0. The Hall–Kier alpha value is -3.42. The van der Waals surface area contributed by atoms with Gasteiger partial charge in [-0.05, 0) is 53.0 Å². The average molecular weight is 435 g/mol. The first-order valence-corrected chi connectivity index (χ1v) is 10.0. The Morgan fingerprint density at radius 3 is 2.65 bits per heavy atom. The molecule has 0 radical (unpaired) electrons. The molecule has 1 aromatic rings. The van der Waals surface area contributed by atoms with Gasteiger partial charge in [0.25, 0.3) is 0 Å². The van der Waals surface area contributed by atoms with E-state index in [1.54, 1.807) is 27.7 Å². The normalized spacial score (nSPS) is 11.5. The highest BCUT2D eigenvalue weighted by Crippen LogP contribution is 2.23. The molecule has 31 heavy (non-hydrogen) atoms. The minimum absolute atomic E-state index is 0.0239. The van der Waals surface area contributed by atoms with E-state index in [1.807, 2.05) is 6.07 Å². The van der Waals surface area contributed by atoms with E-state index in [0.29, 0.717) is 25.9 Å². The summed E-state index contributed by atoms with van der Waals surface area (Å²) >= 11 is 0. The molecule has 0 saturated carbocycles. The third-order valence-electron chi connectivity index (χ3n) is 3.89. The Bertz CT molecular complexity index is 847. The lowest BCUT2D eigenvalue weighted by molar-refractivity contribution is -0.385. The molecule has 0 spiro atoms. The van der Waals surface area contributed by atoms with Crippen molar-refractivity contribution in [1.82, 2.24) is 15.1 Å². The number of esters is 1. The molecule has 170 valence electrons. The number of aryl methyl sites for hydroxylation is 1. The van der Waals surface area contributed by atoms with Gasteiger partial charge in [-0.2, -0.15) is 10.4 Å². The van der Waals surface area contributed by atoms with E-state index in [9.17, 15) is 19.7 Å². The number of nitro groups is 1. The van der Waals surface area contributed by atoms with Gasteiger partial charge in [0, 0.05) is 13.1 Å². The maximum Gasteiger partial charge on any atom is 0.407 e. The molecular weight excluding hydrogens is 406 g/mol. The van der Waals surface area contributed by atoms with Crippen LogP contribution in [0.1, 0.15) is 59.1 Å². The number of unbranched alkanes of at least 4 members (excludes halogenated alkanes) is 2. The summed E-state index contributed by atoms with van der Waals surface area (Å²) in [4.78, 5) is 34.4. The Morgan fingerprint density at radius 1 is 1.35 bits per heavy atom. The highest BCUT2D eigenvalue weighted by atomic mass is 16.6. The summed E-state index contributed by atoms with van der Waals surface area (Å²) < 4.78 is 11.5. The highest BCUT2D eigenvalue weighted by molar-refractivity contribution is 5.94. The molecule has 0 aliphatic carbocycles. The van der Waals surface area contributed by atoms with E-state index in [2.05, 4.69) is 10.4 Å². The molecule has 0 atom stereocenters. The van der Waals surface area contributed by atoms with Crippen molar-refractivity contribution in [2.45, 2.75) is 65.5 Å². The van der Waals surface area contributed by atoms with Crippen LogP contribution in [0.3, 0.4) is 0 Å². The molecule has 11 nitrogen and oxygen atoms in total. The highest BCUT2D eigenvalue weighted by Gasteiger charge is 2.21. The van der Waals surface area contributed by atoms with E-state index >= 15 is 0 Å². The predicted octanol–water partition coefficient (Wildman–Crippen LogP) is 3.35. The molecule has 0 aromatic carbocycles. The van der Waals surface area contributed by atoms with Crippen molar-refractivity contribution < 1.29 is 24.0 Å². The fourth-order valence-electron chi connectivity index (χ4n) is 2.58. The van der Waals surface area contributed by atoms with Gasteiger partial charge in [-0.3, -0.25) is 14.8 Å². The van der Waals surface area contributed by atoms with Crippen molar-refractivity contribution in [3.63, 3.8) is 0 Å². The Kier molecular flexibility index (Phi) is 10.2. The Morgan fingerprint density at radius 2 is 2.06 bits per heavy atom. The van der Waals surface area contributed by atoms with Gasteiger partial charge in [0.2, 0.25) is 0 Å². The van der Waals surface area contributed by atoms with Gasteiger partial charge in [0.1, 0.15) is 17.5 Å². The smallest absolute Gasteiger partial charge is 0.407 e. The van der Waals surface area contributed by atoms with Crippen LogP contribution in [0.25, 0.3) is 6.08 Å². The largest absolute Gasteiger partial charge is 0.463 e. The molecule has 1 rings (SSSR count). The number of carbonyl (C=O) groups excluding carboxylic acids is 2. The molecule has 0 unspecified atom stereocenters. The summed E-state index contributed by atoms with van der Waals surface area (Å²) in [5, 5.41) is 27.0. The number of alkyl carbamates (subject to hydrolysis) is 1. The lowest BCUT2D eigenvalue weighted by Gasteiger charge is -2.19. The predicted molar refractivity (Wildman–Crippen MR) is 112 cm³/mol. The van der Waals surface area contributed by atoms with Gasteiger partial charge in [-0.1, -0.05) is 0 Å². The van der Waals surface area contributed by atoms with Crippen LogP contribution in [0.4, 0.5) is 10.5 Å². The number of hydrogen-bond donors (Lipinski definition) is 1. The molecule has 0 aliphatic heterocycles. The van der Waals surface area contributed by atoms with E-state index in [0.717, 1.165) is 12.6 Å². The quantitative estimate of drug-likeness (QED) is 0.183. The van der Waals surface area contributed by atoms with Crippen molar-refractivity contribution in [1.29, 1.82) is 5.26 Å². The van der Waals surface area contributed by atoms with Crippen molar-refractivity contribution in [2.75, 3.05) is 13.2 Å². The fraction of sp³-hybridized carbons (Fsp3) is 0.600. The summed E-state index contributed by atoms with van der Waals surface area (Å²) in [7, 11) is 0. The van der Waals surface area contributed by atoms with E-state index in [-0.39, 0.29) is 30.0 Å². The lowest BCUT2D eigenvalue weighted by atomic mass is 10.1. The van der Waals surface area contributed by atoms with Crippen LogP contribution in [0, 0.1) is 21.4 Å². The SMILES string of the molecule is CCOC(=O)/C(=C/c1c([N+](=O)[O-])cnn1CCCCCNC(=O)OC(C)(C)C)CC#N. The van der Waals surface area contributed by atoms with Crippen LogP contribution >= 0.6 is 0 Å². The number of nitrogens with one attached hydrogen (secondary N) is 1. The second-order valence-electron chi connectivity index (χ2n) is 7.61. The number of hydrogen-bond acceptors (Lipinski definition) is 8. The third kappa shape index (κ3) is 9.29. The minimum atomic E-state index is -0.695. The van der Waals surface area contributed by atoms with E-state index in [1.165, 1.54) is 10.8 Å². The van der Waals surface area contributed by atoms with Gasteiger partial charge in [-0.15, -0.1) is 0 Å². The van der Waals surface area contributed by atoms with E-state index in [4.69, 9.17) is 14.7 Å². The molecule has 0 saturated heterocycles. The van der Waals surface area contributed by atoms with Gasteiger partial charge >= 0.3 is 17.7 Å². The molecule has 0 fully saturated rings. The number of nitrogens with zero attached hydrogens (tertiary/aromatic N) is 4. The van der Waals surface area contributed by atoms with Gasteiger partial charge in [0.05, 0.1) is 29.6 Å². The van der Waals surface area contributed by atoms with Crippen molar-refractivity contribution in [2.24, 2.45) is 0 Å². The second kappa shape index (κ2) is 12.3. The van der Waals surface area contributed by atoms with Crippen LogP contribution in [0.2, 0.25) is 0 Å². The number of amides is 1. The summed E-state index contributed by atoms with van der Waals surface area (Å²) in [6.07, 6.45) is 3.75. The molecule has 0 bridgehead atoms. The van der Waals surface area contributed by atoms with Gasteiger partial charge in [-0.25, -0.2) is 9.59 Å². The molecule has 0 aliphatic rings. The standard InChI is InChI=1S/C20H29N5O6/c1-5-30-18(26)15(9-10-21)13-16-17(25(28)29)14-23-24(16)12-8-6-7-11-22-19(27)31-20(2,3)4/h13-14H,5-9,11-12H2,1-4H3,(H,22,27)/b15-13+. The Balaban J connectivity index is 2.74. The number of carbonyl (C=O) groups is 2. The molecule has 1 heterocycles. The third-order valence-corrected chi connectivity index (χ3v) is 3.89. The maximum absolute atomic E-state index is 12.0. The minimum Gasteiger partial charge on any atom is -0.463 e. The summed E-state index contributed by atoms with van der Waals surface area (Å²) in [6.45, 7) is 7.92. The second-order valence-corrected chi connectivity index (χ2v) is 7.61. The topological polar surface area (TPSA) is 149 Å². The zero-order chi connectivity index (χ0) is 23.4. The molecular formula is C20H29N5O6. The molecule has 1 amide bonds. The molecule has 1 N–H and O–H groups in total. The van der Waals surface area contributed by atoms with Crippen molar-refractivity contribution in [3.05, 3.63) is 27.6 Å². The number of aromatic nitrogens is 2. The number of ether oxygens (including phenoxy) is 2. The number of nitriles is 1. The summed E-state index contributed by atoms with van der Waals surface area (Å²) in [6, 6.07) is 1.86. The fourth-order valence-corrected chi connectivity index (χ4v) is 2.58. The van der Waals surface area contributed by atoms with Crippen LogP contribution in [-0.2, 0) is 20.8 Å². The zero-order valence-electron chi connectivity index (χ0n) is 18.3. The van der Waals surface area contributed by atoms with Crippen LogP contribution in [0.15, 0.2) is 11.8 Å². The summed E-state index contributed by atoms with van der Waals surface area (Å²) in [5.74, 6) is -0.695. The van der Waals surface area contributed by atoms with Crippen LogP contribution in [0.5, 0.6) is 0 Å². The van der Waals surface area contributed by atoms with Crippen LogP contribution in [-0.4, -0.2) is 45.5 Å². The van der Waals surface area contributed by atoms with Gasteiger partial charge < -0.3 is 14.8 Å². The number of rotatable bonds is 11. The first-order valence-electron chi connectivity index (χ1n) is 10.0. The monoisotopic (exact) mass is 435 g/mol. The first-order chi connectivity index (χ1) is 14.6. The average Bonchev–Trinajstić information content (AvgIpc) is 3.05. The van der Waals surface area contributed by atoms with Crippen molar-refractivity contribution in [3.8, 4) is 6.07 Å². The molecule has 1 aromatic heterocycles. The first kappa shape index (κ1) is 25.6. The van der Waals surface area contributed by atoms with Crippen molar-refractivity contribution >= 4 is 23.8 Å². The zero-order valence-corrected chi connectivity index (χ0v) is 18.3. The Labute approximate surface area is 181 Å². The lowest BCUT2D eigenvalue weighted by Crippen LogP contribution is -2.33. The molecule has 11 heteroatoms. The van der Waals surface area contributed by atoms with Gasteiger partial charge in [0.15, 0.2) is 0 Å². The van der Waals surface area contributed by atoms with E-state index < -0.39 is 22.6 Å². The van der Waals surface area contributed by atoms with Crippen LogP contribution < -0.4 is 5.32 Å².